The predicted molar refractivity (Wildman–Crippen MR) is 113 cm³/mol. The third-order valence-electron chi connectivity index (χ3n) is 4.86. The second-order valence-electron chi connectivity index (χ2n) is 6.82. The molecule has 3 rings (SSSR count). The molecule has 0 saturated carbocycles. The van der Waals surface area contributed by atoms with E-state index in [0.29, 0.717) is 18.7 Å². The molecule has 3 aromatic carbocycles. The number of benzene rings is 3. The molecule has 0 radical (unpaired) electrons. The summed E-state index contributed by atoms with van der Waals surface area (Å²) in [7, 11) is 0. The molecule has 0 spiro atoms. The Kier molecular flexibility index (Phi) is 6.22. The van der Waals surface area contributed by atoms with Crippen LogP contribution in [-0.2, 0) is 17.9 Å². The minimum Gasteiger partial charge on any atom is -0.352 e. The van der Waals surface area contributed by atoms with E-state index in [1.165, 1.54) is 32.7 Å². The lowest BCUT2D eigenvalue weighted by Crippen LogP contribution is -2.27. The lowest BCUT2D eigenvalue weighted by molar-refractivity contribution is -0.117. The molecule has 1 amide bonds. The van der Waals surface area contributed by atoms with Gasteiger partial charge in [-0.3, -0.25) is 4.79 Å². The first-order chi connectivity index (χ1) is 13.1. The molecule has 0 bridgehead atoms. The molecule has 0 saturated heterocycles. The number of nitrogens with one attached hydrogen (secondary N) is 2. The van der Waals surface area contributed by atoms with E-state index in [1.54, 1.807) is 6.92 Å². The largest absolute Gasteiger partial charge is 0.352 e. The Hall–Kier alpha value is -2.69. The Morgan fingerprint density at radius 2 is 1.44 bits per heavy atom. The summed E-state index contributed by atoms with van der Waals surface area (Å²) in [5, 5.41) is 11.3. The second kappa shape index (κ2) is 8.80. The first kappa shape index (κ1) is 19.1. The molecule has 4 N–H and O–H groups in total. The van der Waals surface area contributed by atoms with Gasteiger partial charge >= 0.3 is 0 Å². The van der Waals surface area contributed by atoms with Gasteiger partial charge in [0, 0.05) is 25.2 Å². The van der Waals surface area contributed by atoms with Crippen molar-refractivity contribution in [1.82, 2.24) is 10.6 Å². The van der Waals surface area contributed by atoms with Crippen LogP contribution in [0.2, 0.25) is 0 Å². The Morgan fingerprint density at radius 1 is 0.926 bits per heavy atom. The van der Waals surface area contributed by atoms with Gasteiger partial charge in [0.25, 0.3) is 0 Å². The van der Waals surface area contributed by atoms with Crippen LogP contribution in [0.1, 0.15) is 24.5 Å². The summed E-state index contributed by atoms with van der Waals surface area (Å²) in [6, 6.07) is 16.9. The fourth-order valence-corrected chi connectivity index (χ4v) is 3.50. The Balaban J connectivity index is 1.78. The molecule has 0 aromatic heterocycles. The maximum Gasteiger partial charge on any atom is 0.246 e. The van der Waals surface area contributed by atoms with Gasteiger partial charge in [-0.1, -0.05) is 55.1 Å². The molecule has 0 heterocycles. The van der Waals surface area contributed by atoms with Gasteiger partial charge in [-0.25, -0.2) is 0 Å². The maximum atomic E-state index is 11.5. The molecule has 4 heteroatoms. The van der Waals surface area contributed by atoms with Crippen molar-refractivity contribution in [2.24, 2.45) is 5.73 Å². The van der Waals surface area contributed by atoms with Crippen LogP contribution in [0.25, 0.3) is 21.5 Å². The average Bonchev–Trinajstić information content (AvgIpc) is 2.69. The van der Waals surface area contributed by atoms with Crippen molar-refractivity contribution in [3.8, 4) is 0 Å². The highest BCUT2D eigenvalue weighted by Gasteiger charge is 2.12. The standard InChI is InChI=1S/C23H27N3O/c1-16(2)23(27)26-13-7-12-25-15-22-19-10-5-3-8-17(19)21(14-24)18-9-4-6-11-20(18)22/h3-6,8-11,25H,1,7,12-15,24H2,2H3,(H,26,27). The molecule has 0 fully saturated rings. The van der Waals surface area contributed by atoms with E-state index in [9.17, 15) is 4.79 Å². The van der Waals surface area contributed by atoms with Crippen molar-refractivity contribution in [2.45, 2.75) is 26.4 Å². The summed E-state index contributed by atoms with van der Waals surface area (Å²) >= 11 is 0. The molecular weight excluding hydrogens is 334 g/mol. The van der Waals surface area contributed by atoms with Gasteiger partial charge in [-0.2, -0.15) is 0 Å². The highest BCUT2D eigenvalue weighted by Crippen LogP contribution is 2.32. The fraction of sp³-hybridized carbons (Fsp3) is 0.261. The van der Waals surface area contributed by atoms with Crippen LogP contribution in [0.15, 0.2) is 60.7 Å². The molecule has 4 nitrogen and oxygen atoms in total. The zero-order chi connectivity index (χ0) is 19.2. The maximum absolute atomic E-state index is 11.5. The minimum absolute atomic E-state index is 0.0793. The van der Waals surface area contributed by atoms with Crippen molar-refractivity contribution >= 4 is 27.5 Å². The van der Waals surface area contributed by atoms with Crippen LogP contribution >= 0.6 is 0 Å². The van der Waals surface area contributed by atoms with E-state index in [-0.39, 0.29) is 5.91 Å². The van der Waals surface area contributed by atoms with E-state index in [0.717, 1.165) is 19.5 Å². The van der Waals surface area contributed by atoms with E-state index in [2.05, 4.69) is 65.7 Å². The summed E-state index contributed by atoms with van der Waals surface area (Å²) in [5.74, 6) is -0.0793. The van der Waals surface area contributed by atoms with E-state index >= 15 is 0 Å². The second-order valence-corrected chi connectivity index (χ2v) is 6.82. The van der Waals surface area contributed by atoms with Gasteiger partial charge in [-0.15, -0.1) is 0 Å². The molecule has 27 heavy (non-hydrogen) atoms. The number of carbonyl (C=O) groups excluding carboxylic acids is 1. The van der Waals surface area contributed by atoms with Crippen LogP contribution in [0.4, 0.5) is 0 Å². The van der Waals surface area contributed by atoms with Crippen molar-refractivity contribution in [2.75, 3.05) is 13.1 Å². The Bertz CT molecular complexity index is 921. The van der Waals surface area contributed by atoms with Crippen molar-refractivity contribution in [3.05, 3.63) is 71.8 Å². The molecule has 0 aliphatic rings. The Morgan fingerprint density at radius 3 is 1.93 bits per heavy atom. The predicted octanol–water partition coefficient (Wildman–Crippen LogP) is 3.62. The fourth-order valence-electron chi connectivity index (χ4n) is 3.50. The van der Waals surface area contributed by atoms with E-state index < -0.39 is 0 Å². The lowest BCUT2D eigenvalue weighted by atomic mass is 9.91. The summed E-state index contributed by atoms with van der Waals surface area (Å²) in [4.78, 5) is 11.5. The van der Waals surface area contributed by atoms with Crippen LogP contribution in [0, 0.1) is 0 Å². The van der Waals surface area contributed by atoms with Crippen LogP contribution in [0.5, 0.6) is 0 Å². The first-order valence-corrected chi connectivity index (χ1v) is 9.39. The lowest BCUT2D eigenvalue weighted by Gasteiger charge is -2.16. The molecule has 0 aliphatic heterocycles. The number of carbonyl (C=O) groups is 1. The van der Waals surface area contributed by atoms with E-state index in [1.807, 2.05) is 0 Å². The van der Waals surface area contributed by atoms with Gasteiger partial charge in [0.15, 0.2) is 0 Å². The zero-order valence-corrected chi connectivity index (χ0v) is 15.8. The van der Waals surface area contributed by atoms with Gasteiger partial charge in [0.1, 0.15) is 0 Å². The van der Waals surface area contributed by atoms with E-state index in [4.69, 9.17) is 5.73 Å². The van der Waals surface area contributed by atoms with Crippen LogP contribution in [0.3, 0.4) is 0 Å². The van der Waals surface area contributed by atoms with Crippen LogP contribution < -0.4 is 16.4 Å². The topological polar surface area (TPSA) is 67.2 Å². The number of amides is 1. The van der Waals surface area contributed by atoms with Gasteiger partial charge in [-0.05, 0) is 52.6 Å². The van der Waals surface area contributed by atoms with Crippen molar-refractivity contribution < 1.29 is 4.79 Å². The molecule has 140 valence electrons. The molecule has 0 unspecified atom stereocenters. The third kappa shape index (κ3) is 4.18. The molecule has 0 atom stereocenters. The third-order valence-corrected chi connectivity index (χ3v) is 4.86. The quantitative estimate of drug-likeness (QED) is 0.326. The number of hydrogen-bond donors (Lipinski definition) is 3. The number of fused-ring (bicyclic) bond motifs is 2. The summed E-state index contributed by atoms with van der Waals surface area (Å²) in [6.45, 7) is 8.14. The van der Waals surface area contributed by atoms with Gasteiger partial charge in [0.2, 0.25) is 5.91 Å². The normalized spacial score (nSPS) is 11.0. The van der Waals surface area contributed by atoms with Crippen molar-refractivity contribution in [3.63, 3.8) is 0 Å². The number of nitrogens with two attached hydrogens (primary N) is 1. The molecule has 0 aliphatic carbocycles. The average molecular weight is 361 g/mol. The highest BCUT2D eigenvalue weighted by molar-refractivity contribution is 6.05. The molecule has 3 aromatic rings. The van der Waals surface area contributed by atoms with Crippen LogP contribution in [-0.4, -0.2) is 19.0 Å². The minimum atomic E-state index is -0.0793. The van der Waals surface area contributed by atoms with Gasteiger partial charge < -0.3 is 16.4 Å². The summed E-state index contributed by atoms with van der Waals surface area (Å²) in [6.07, 6.45) is 0.871. The SMILES string of the molecule is C=C(C)C(=O)NCCCNCc1c2ccccc2c(CN)c2ccccc12. The van der Waals surface area contributed by atoms with Gasteiger partial charge in [0.05, 0.1) is 0 Å². The number of rotatable bonds is 8. The zero-order valence-electron chi connectivity index (χ0n) is 15.8. The summed E-state index contributed by atoms with van der Waals surface area (Å²) < 4.78 is 0. The smallest absolute Gasteiger partial charge is 0.246 e. The first-order valence-electron chi connectivity index (χ1n) is 9.39. The van der Waals surface area contributed by atoms with Crippen molar-refractivity contribution in [1.29, 1.82) is 0 Å². The highest BCUT2D eigenvalue weighted by atomic mass is 16.1. The summed E-state index contributed by atoms with van der Waals surface area (Å²) in [5.41, 5.74) is 9.12. The monoisotopic (exact) mass is 361 g/mol. The Labute approximate surface area is 160 Å². The molecular formula is C23H27N3O. The number of hydrogen-bond acceptors (Lipinski definition) is 3.